The van der Waals surface area contributed by atoms with Crippen molar-refractivity contribution in [2.24, 2.45) is 0 Å². The molecule has 0 fully saturated rings. The van der Waals surface area contributed by atoms with Crippen LogP contribution in [0.5, 0.6) is 5.75 Å². The normalized spacial score (nSPS) is 11.8. The van der Waals surface area contributed by atoms with E-state index in [4.69, 9.17) is 5.11 Å². The van der Waals surface area contributed by atoms with Crippen LogP contribution in [0.4, 0.5) is 0 Å². The Morgan fingerprint density at radius 3 is 2.25 bits per heavy atom. The predicted octanol–water partition coefficient (Wildman–Crippen LogP) is 0.0222. The third-order valence-electron chi connectivity index (χ3n) is 2.07. The molecule has 0 spiro atoms. The Labute approximate surface area is 87.5 Å². The molecule has 2 heteroatoms. The second-order valence-electron chi connectivity index (χ2n) is 2.90. The van der Waals surface area contributed by atoms with Crippen LogP contribution in [0.1, 0.15) is 33.2 Å². The van der Waals surface area contributed by atoms with Gasteiger partial charge in [-0.3, -0.25) is 0 Å². The molecule has 0 aromatic heterocycles. The van der Waals surface area contributed by atoms with Crippen LogP contribution in [0.2, 0.25) is 0 Å². The number of hydrogen-bond donors (Lipinski definition) is 1. The summed E-state index contributed by atoms with van der Waals surface area (Å²) in [5.41, 5.74) is 1.30. The molecule has 0 amide bonds. The van der Waals surface area contributed by atoms with Crippen LogP contribution >= 0.6 is 0 Å². The van der Waals surface area contributed by atoms with E-state index in [2.05, 4.69) is 13.8 Å². The summed E-state index contributed by atoms with van der Waals surface area (Å²) in [6.07, 6.45) is 1.14. The monoisotopic (exact) mass is 158 g/mol. The summed E-state index contributed by atoms with van der Waals surface area (Å²) in [6.45, 7) is 4.35. The minimum atomic E-state index is 0. The van der Waals surface area contributed by atoms with Gasteiger partial charge in [0, 0.05) is 0 Å². The molecule has 0 radical (unpaired) electrons. The zero-order valence-electron chi connectivity index (χ0n) is 9.04. The Kier molecular flexibility index (Phi) is 5.13. The zero-order valence-corrected chi connectivity index (χ0v) is 8.04. The van der Waals surface area contributed by atoms with Crippen LogP contribution in [0.3, 0.4) is 0 Å². The summed E-state index contributed by atoms with van der Waals surface area (Å²) >= 11 is 0. The van der Waals surface area contributed by atoms with Crippen LogP contribution in [-0.4, -0.2) is 5.11 Å². The van der Waals surface area contributed by atoms with Gasteiger partial charge in [0.05, 0.1) is 0 Å². The van der Waals surface area contributed by atoms with Gasteiger partial charge in [-0.2, -0.15) is 0 Å². The van der Waals surface area contributed by atoms with E-state index in [0.717, 1.165) is 6.42 Å². The number of aromatic hydroxyl groups is 1. The molecule has 1 atom stereocenters. The quantitative estimate of drug-likeness (QED) is 0.602. The zero-order chi connectivity index (χ0) is 8.27. The third kappa shape index (κ3) is 2.93. The van der Waals surface area contributed by atoms with Gasteiger partial charge in [-0.25, -0.2) is 0 Å². The van der Waals surface area contributed by atoms with E-state index in [1.54, 1.807) is 12.1 Å². The van der Waals surface area contributed by atoms with Gasteiger partial charge in [0.1, 0.15) is 5.75 Å². The Morgan fingerprint density at radius 1 is 1.33 bits per heavy atom. The van der Waals surface area contributed by atoms with Gasteiger partial charge in [-0.05, 0) is 30.0 Å². The van der Waals surface area contributed by atoms with Gasteiger partial charge in [-0.1, -0.05) is 26.0 Å². The second-order valence-corrected chi connectivity index (χ2v) is 2.90. The van der Waals surface area contributed by atoms with Crippen molar-refractivity contribution >= 4 is 0 Å². The minimum absolute atomic E-state index is 0. The Hall–Kier alpha value is -0.383. The fraction of sp³-hybridized carbons (Fsp3) is 0.400. The standard InChI is InChI=1S/C10H14O.Li.H/c1-3-8(2)9-4-6-10(11)7-5-9;;/h4-8,11H,3H2,1-2H3;;/q;+1;-1. The van der Waals surface area contributed by atoms with Crippen molar-refractivity contribution in [1.82, 2.24) is 0 Å². The molecule has 1 unspecified atom stereocenters. The summed E-state index contributed by atoms with van der Waals surface area (Å²) in [6, 6.07) is 7.43. The smallest absolute Gasteiger partial charge is 1.00 e. The van der Waals surface area contributed by atoms with Crippen molar-refractivity contribution in [3.63, 3.8) is 0 Å². The van der Waals surface area contributed by atoms with E-state index >= 15 is 0 Å². The van der Waals surface area contributed by atoms with E-state index in [1.165, 1.54) is 5.56 Å². The molecule has 0 heterocycles. The Balaban J connectivity index is 0. The number of phenolic OH excluding ortho intramolecular Hbond substituents is 1. The van der Waals surface area contributed by atoms with Crippen molar-refractivity contribution in [2.45, 2.75) is 26.2 Å². The van der Waals surface area contributed by atoms with Gasteiger partial charge in [0.2, 0.25) is 0 Å². The second kappa shape index (κ2) is 5.30. The van der Waals surface area contributed by atoms with Crippen LogP contribution in [0.15, 0.2) is 24.3 Å². The number of hydrogen-bond acceptors (Lipinski definition) is 1. The molecule has 0 aliphatic heterocycles. The predicted molar refractivity (Wildman–Crippen MR) is 47.9 cm³/mol. The van der Waals surface area contributed by atoms with Crippen molar-refractivity contribution in [3.8, 4) is 5.75 Å². The fourth-order valence-corrected chi connectivity index (χ4v) is 1.04. The summed E-state index contributed by atoms with van der Waals surface area (Å²) in [5.74, 6) is 0.938. The first-order chi connectivity index (χ1) is 5.24. The molecule has 1 aromatic carbocycles. The van der Waals surface area contributed by atoms with Gasteiger partial charge in [0.25, 0.3) is 0 Å². The third-order valence-corrected chi connectivity index (χ3v) is 2.07. The van der Waals surface area contributed by atoms with Crippen LogP contribution in [-0.2, 0) is 0 Å². The largest absolute Gasteiger partial charge is 1.00 e. The molecule has 1 N–H and O–H groups in total. The SMILES string of the molecule is CCC(C)c1ccc(O)cc1.[H-].[Li+]. The molecule has 62 valence electrons. The molecule has 12 heavy (non-hydrogen) atoms. The van der Waals surface area contributed by atoms with E-state index in [0.29, 0.717) is 11.7 Å². The maximum Gasteiger partial charge on any atom is 1.00 e. The molecule has 1 aromatic rings. The van der Waals surface area contributed by atoms with Gasteiger partial charge in [0.15, 0.2) is 0 Å². The van der Waals surface area contributed by atoms with Gasteiger partial charge >= 0.3 is 18.9 Å². The first-order valence-electron chi connectivity index (χ1n) is 4.03. The molecular formula is C10H15LiO. The molecular weight excluding hydrogens is 143 g/mol. The molecule has 0 aliphatic carbocycles. The summed E-state index contributed by atoms with van der Waals surface area (Å²) in [5, 5.41) is 9.01. The van der Waals surface area contributed by atoms with E-state index in [-0.39, 0.29) is 20.3 Å². The molecule has 1 nitrogen and oxygen atoms in total. The average Bonchev–Trinajstić information content (AvgIpc) is 2.05. The molecule has 1 rings (SSSR count). The van der Waals surface area contributed by atoms with Crippen molar-refractivity contribution in [2.75, 3.05) is 0 Å². The van der Waals surface area contributed by atoms with Gasteiger partial charge < -0.3 is 6.53 Å². The van der Waals surface area contributed by atoms with Crippen molar-refractivity contribution in [1.29, 1.82) is 0 Å². The first kappa shape index (κ1) is 11.6. The molecule has 0 bridgehead atoms. The van der Waals surface area contributed by atoms with Crippen LogP contribution in [0.25, 0.3) is 0 Å². The Morgan fingerprint density at radius 2 is 1.83 bits per heavy atom. The maximum atomic E-state index is 9.01. The first-order valence-corrected chi connectivity index (χ1v) is 4.03. The summed E-state index contributed by atoms with van der Waals surface area (Å²) in [4.78, 5) is 0. The Bertz CT molecular complexity index is 223. The van der Waals surface area contributed by atoms with E-state index in [1.807, 2.05) is 12.1 Å². The number of phenols is 1. The molecule has 0 saturated carbocycles. The van der Waals surface area contributed by atoms with E-state index < -0.39 is 0 Å². The van der Waals surface area contributed by atoms with Crippen molar-refractivity contribution < 1.29 is 25.4 Å². The minimum Gasteiger partial charge on any atom is -1.00 e. The van der Waals surface area contributed by atoms with Gasteiger partial charge in [-0.15, -0.1) is 0 Å². The number of rotatable bonds is 2. The fourth-order valence-electron chi connectivity index (χ4n) is 1.04. The average molecular weight is 158 g/mol. The van der Waals surface area contributed by atoms with Crippen LogP contribution in [0, 0.1) is 0 Å². The molecule has 0 saturated heterocycles. The maximum absolute atomic E-state index is 9.01. The number of benzene rings is 1. The van der Waals surface area contributed by atoms with Crippen molar-refractivity contribution in [3.05, 3.63) is 29.8 Å². The van der Waals surface area contributed by atoms with Crippen LogP contribution < -0.4 is 18.9 Å². The molecule has 0 aliphatic rings. The van der Waals surface area contributed by atoms with E-state index in [9.17, 15) is 0 Å². The summed E-state index contributed by atoms with van der Waals surface area (Å²) < 4.78 is 0. The topological polar surface area (TPSA) is 20.2 Å². The summed E-state index contributed by atoms with van der Waals surface area (Å²) in [7, 11) is 0.